The molecule has 0 fully saturated rings. The molecule has 0 aliphatic carbocycles. The van der Waals surface area contributed by atoms with Crippen molar-refractivity contribution in [3.05, 3.63) is 218 Å². The fourth-order valence-corrected chi connectivity index (χ4v) is 10.0. The Balaban J connectivity index is 0.971. The molecule has 8 aromatic carbocycles. The fourth-order valence-electron chi connectivity index (χ4n) is 8.88. The van der Waals surface area contributed by atoms with Gasteiger partial charge in [-0.25, -0.2) is 14.5 Å². The van der Waals surface area contributed by atoms with Gasteiger partial charge in [-0.2, -0.15) is 5.10 Å². The summed E-state index contributed by atoms with van der Waals surface area (Å²) in [5, 5.41) is 10.3. The van der Waals surface area contributed by atoms with Gasteiger partial charge in [-0.1, -0.05) is 194 Å². The number of hydrogen-bond donors (Lipinski definition) is 0. The second-order valence-corrected chi connectivity index (χ2v) is 16.7. The van der Waals surface area contributed by atoms with Crippen LogP contribution in [0, 0.1) is 0 Å². The largest absolute Gasteiger partial charge is 0.231 e. The third-order valence-corrected chi connectivity index (χ3v) is 13.0. The van der Waals surface area contributed by atoms with Crippen molar-refractivity contribution in [3.8, 4) is 78.7 Å². The molecular formula is C57H36N4S. The summed E-state index contributed by atoms with van der Waals surface area (Å²) in [4.78, 5) is 10.4. The summed E-state index contributed by atoms with van der Waals surface area (Å²) < 4.78 is 4.74. The lowest BCUT2D eigenvalue weighted by Gasteiger charge is -2.12. The van der Waals surface area contributed by atoms with Gasteiger partial charge in [0.1, 0.15) is 5.69 Å². The highest BCUT2D eigenvalue weighted by atomic mass is 32.1. The Morgan fingerprint density at radius 3 is 1.66 bits per heavy atom. The van der Waals surface area contributed by atoms with Crippen LogP contribution in [0.2, 0.25) is 0 Å². The number of thiophene rings is 1. The van der Waals surface area contributed by atoms with Crippen LogP contribution in [0.1, 0.15) is 0 Å². The average molecular weight is 809 g/mol. The highest BCUT2D eigenvalue weighted by molar-refractivity contribution is 7.25. The van der Waals surface area contributed by atoms with Crippen molar-refractivity contribution in [3.63, 3.8) is 0 Å². The van der Waals surface area contributed by atoms with E-state index >= 15 is 0 Å². The zero-order valence-electron chi connectivity index (χ0n) is 33.5. The van der Waals surface area contributed by atoms with Crippen molar-refractivity contribution in [1.29, 1.82) is 0 Å². The van der Waals surface area contributed by atoms with Crippen LogP contribution in [0.3, 0.4) is 0 Å². The second kappa shape index (κ2) is 14.9. The van der Waals surface area contributed by atoms with Crippen LogP contribution in [0.5, 0.6) is 0 Å². The minimum Gasteiger partial charge on any atom is -0.231 e. The van der Waals surface area contributed by atoms with E-state index in [0.717, 1.165) is 78.0 Å². The van der Waals surface area contributed by atoms with Gasteiger partial charge in [-0.05, 0) is 46.3 Å². The molecule has 4 aromatic heterocycles. The molecule has 0 N–H and O–H groups in total. The van der Waals surface area contributed by atoms with Gasteiger partial charge in [0.15, 0.2) is 5.82 Å². The molecule has 12 rings (SSSR count). The molecule has 290 valence electrons. The smallest absolute Gasteiger partial charge is 0.160 e. The van der Waals surface area contributed by atoms with Gasteiger partial charge in [0.25, 0.3) is 0 Å². The van der Waals surface area contributed by atoms with Crippen LogP contribution in [0.4, 0.5) is 0 Å². The molecule has 0 saturated carbocycles. The minimum atomic E-state index is 0.686. The topological polar surface area (TPSA) is 43.1 Å². The summed E-state index contributed by atoms with van der Waals surface area (Å²) in [6.07, 6.45) is 0. The third kappa shape index (κ3) is 6.18. The van der Waals surface area contributed by atoms with E-state index in [4.69, 9.17) is 15.1 Å². The molecule has 0 bridgehead atoms. The van der Waals surface area contributed by atoms with Crippen molar-refractivity contribution in [2.75, 3.05) is 0 Å². The number of hydrogen-bond acceptors (Lipinski definition) is 4. The van der Waals surface area contributed by atoms with E-state index in [2.05, 4.69) is 217 Å². The van der Waals surface area contributed by atoms with Crippen LogP contribution in [-0.4, -0.2) is 19.6 Å². The molecule has 5 heteroatoms. The summed E-state index contributed by atoms with van der Waals surface area (Å²) in [5.41, 5.74) is 14.6. The summed E-state index contributed by atoms with van der Waals surface area (Å²) in [6, 6.07) is 77.2. The lowest BCUT2D eigenvalue weighted by molar-refractivity contribution is 0.979. The molecule has 0 atom stereocenters. The van der Waals surface area contributed by atoms with Crippen molar-refractivity contribution in [1.82, 2.24) is 19.6 Å². The van der Waals surface area contributed by atoms with Gasteiger partial charge in [0, 0.05) is 58.9 Å². The Morgan fingerprint density at radius 1 is 0.387 bits per heavy atom. The number of pyridine rings is 1. The Hall–Kier alpha value is -7.99. The van der Waals surface area contributed by atoms with Crippen molar-refractivity contribution in [2.45, 2.75) is 0 Å². The predicted molar refractivity (Wildman–Crippen MR) is 259 cm³/mol. The molecule has 0 unspecified atom stereocenters. The molecule has 0 amide bonds. The highest BCUT2D eigenvalue weighted by Crippen LogP contribution is 2.42. The summed E-state index contributed by atoms with van der Waals surface area (Å²) in [5.74, 6) is 0.686. The van der Waals surface area contributed by atoms with E-state index in [0.29, 0.717) is 5.82 Å². The average Bonchev–Trinajstić information content (AvgIpc) is 3.95. The van der Waals surface area contributed by atoms with E-state index in [9.17, 15) is 0 Å². The maximum atomic E-state index is 5.40. The van der Waals surface area contributed by atoms with E-state index in [1.165, 1.54) is 31.3 Å². The SMILES string of the molecule is c1ccc(-c2cc(-c3ccc(-c4cc5ccccc5c5c(-c6ccccc6)c(-c6ccccc6)nn45)cc3)nc(-c3ccc(-c4cccc5sc6ccccc6c45)cc3)n2)cc1. The van der Waals surface area contributed by atoms with Crippen LogP contribution in [-0.2, 0) is 0 Å². The fraction of sp³-hybridized carbons (Fsp3) is 0. The van der Waals surface area contributed by atoms with Gasteiger partial charge in [-0.15, -0.1) is 11.3 Å². The number of rotatable bonds is 7. The Morgan fingerprint density at radius 2 is 0.935 bits per heavy atom. The molecule has 0 radical (unpaired) electrons. The van der Waals surface area contributed by atoms with Crippen molar-refractivity contribution in [2.24, 2.45) is 0 Å². The maximum absolute atomic E-state index is 5.40. The van der Waals surface area contributed by atoms with Crippen LogP contribution >= 0.6 is 11.3 Å². The van der Waals surface area contributed by atoms with E-state index in [1.54, 1.807) is 0 Å². The first-order valence-corrected chi connectivity index (χ1v) is 21.7. The quantitative estimate of drug-likeness (QED) is 0.161. The molecule has 62 heavy (non-hydrogen) atoms. The summed E-state index contributed by atoms with van der Waals surface area (Å²) >= 11 is 1.84. The molecular weight excluding hydrogens is 773 g/mol. The third-order valence-electron chi connectivity index (χ3n) is 11.9. The molecule has 0 spiro atoms. The number of fused-ring (bicyclic) bond motifs is 6. The Kier molecular flexibility index (Phi) is 8.65. The standard InChI is InChI=1S/C57H36N4S/c1-4-15-38(16-5-1)48-36-49(59-57(58-48)43-33-27-37(28-34-43)45-24-14-26-52-54(45)47-23-12-13-25-51(47)62-52)39-29-31-40(32-30-39)50-35-44-21-10-11-22-46(44)56-53(41-17-6-2-7-18-41)55(60-61(50)56)42-19-8-3-9-20-42/h1-36H. The maximum Gasteiger partial charge on any atom is 0.160 e. The summed E-state index contributed by atoms with van der Waals surface area (Å²) in [6.45, 7) is 0. The first kappa shape index (κ1) is 35.9. The van der Waals surface area contributed by atoms with E-state index in [-0.39, 0.29) is 0 Å². The number of nitrogens with zero attached hydrogens (tertiary/aromatic N) is 4. The van der Waals surface area contributed by atoms with Crippen molar-refractivity contribution < 1.29 is 0 Å². The van der Waals surface area contributed by atoms with Gasteiger partial charge in [0.2, 0.25) is 0 Å². The molecule has 4 nitrogen and oxygen atoms in total. The van der Waals surface area contributed by atoms with E-state index < -0.39 is 0 Å². The molecule has 4 heterocycles. The molecule has 0 aliphatic rings. The van der Waals surface area contributed by atoms with Crippen molar-refractivity contribution >= 4 is 47.8 Å². The zero-order chi connectivity index (χ0) is 41.0. The second-order valence-electron chi connectivity index (χ2n) is 15.6. The molecule has 0 aliphatic heterocycles. The zero-order valence-corrected chi connectivity index (χ0v) is 34.3. The van der Waals surface area contributed by atoms with Gasteiger partial charge in [-0.3, -0.25) is 0 Å². The number of aromatic nitrogens is 4. The molecule has 0 saturated heterocycles. The van der Waals surface area contributed by atoms with Gasteiger partial charge < -0.3 is 0 Å². The lowest BCUT2D eigenvalue weighted by Crippen LogP contribution is -1.97. The van der Waals surface area contributed by atoms with Crippen LogP contribution < -0.4 is 0 Å². The Labute approximate surface area is 362 Å². The normalized spacial score (nSPS) is 11.5. The highest BCUT2D eigenvalue weighted by Gasteiger charge is 2.22. The number of benzene rings is 8. The van der Waals surface area contributed by atoms with E-state index in [1.807, 2.05) is 17.4 Å². The first-order chi connectivity index (χ1) is 30.7. The Bertz CT molecular complexity index is 3590. The van der Waals surface area contributed by atoms with Crippen LogP contribution in [0.25, 0.3) is 115 Å². The molecule has 12 aromatic rings. The van der Waals surface area contributed by atoms with Gasteiger partial charge in [0.05, 0.1) is 22.6 Å². The van der Waals surface area contributed by atoms with Gasteiger partial charge >= 0.3 is 0 Å². The minimum absolute atomic E-state index is 0.686. The first-order valence-electron chi connectivity index (χ1n) is 20.9. The predicted octanol–water partition coefficient (Wildman–Crippen LogP) is 15.3. The summed E-state index contributed by atoms with van der Waals surface area (Å²) in [7, 11) is 0. The van der Waals surface area contributed by atoms with Crippen LogP contribution in [0.15, 0.2) is 218 Å². The lowest BCUT2D eigenvalue weighted by atomic mass is 9.97. The monoisotopic (exact) mass is 808 g/mol.